The molecule has 0 radical (unpaired) electrons. The van der Waals surface area contributed by atoms with Crippen molar-refractivity contribution in [1.82, 2.24) is 4.98 Å². The van der Waals surface area contributed by atoms with Gasteiger partial charge in [-0.15, -0.1) is 0 Å². The fourth-order valence-corrected chi connectivity index (χ4v) is 5.00. The molecule has 4 aromatic rings. The van der Waals surface area contributed by atoms with Crippen molar-refractivity contribution in [2.24, 2.45) is 5.92 Å². The third kappa shape index (κ3) is 4.66. The van der Waals surface area contributed by atoms with Crippen LogP contribution in [-0.2, 0) is 25.7 Å². The van der Waals surface area contributed by atoms with Crippen molar-refractivity contribution < 1.29 is 23.8 Å². The third-order valence-corrected chi connectivity index (χ3v) is 6.73. The molecule has 6 nitrogen and oxygen atoms in total. The number of hydrogen-bond donors (Lipinski definition) is 1. The standard InChI is InChI=1S/C28H23Cl2NO5/c1-28(2)35-26(32)25(27(33)36-28)24(20-14-31-22-9-5-3-7-18(20)22)19-8-4-6-10-23(19)34-15-16-11-12-17(29)13-21(16)30/h3-14,24-25,31H,15H2,1-2H3/t24-/m0/s1. The molecule has 1 aliphatic heterocycles. The summed E-state index contributed by atoms with van der Waals surface area (Å²) in [5.74, 6) is -4.08. The summed E-state index contributed by atoms with van der Waals surface area (Å²) in [6.07, 6.45) is 1.81. The summed E-state index contributed by atoms with van der Waals surface area (Å²) in [7, 11) is 0. The van der Waals surface area contributed by atoms with Crippen molar-refractivity contribution >= 4 is 46.0 Å². The number of carbonyl (C=O) groups is 2. The summed E-state index contributed by atoms with van der Waals surface area (Å²) in [6, 6.07) is 20.2. The maximum atomic E-state index is 13.2. The lowest BCUT2D eigenvalue weighted by Gasteiger charge is -2.36. The highest BCUT2D eigenvalue weighted by Crippen LogP contribution is 2.44. The molecule has 184 valence electrons. The van der Waals surface area contributed by atoms with Crippen molar-refractivity contribution in [3.05, 3.63) is 99.7 Å². The third-order valence-electron chi connectivity index (χ3n) is 6.14. The van der Waals surface area contributed by atoms with E-state index < -0.39 is 29.6 Å². The normalized spacial score (nSPS) is 16.4. The molecule has 1 fully saturated rings. The highest BCUT2D eigenvalue weighted by Gasteiger charge is 2.49. The Labute approximate surface area is 218 Å². The minimum absolute atomic E-state index is 0.167. The Bertz CT molecular complexity index is 1440. The van der Waals surface area contributed by atoms with Crippen molar-refractivity contribution in [2.75, 3.05) is 0 Å². The summed E-state index contributed by atoms with van der Waals surface area (Å²) < 4.78 is 17.2. The number of carbonyl (C=O) groups excluding carboxylic acids is 2. The SMILES string of the molecule is CC1(C)OC(=O)C([C@@H](c2ccccc2OCc2ccc(Cl)cc2Cl)c2c[nH]c3ccccc23)C(=O)O1. The van der Waals surface area contributed by atoms with Crippen LogP contribution in [0, 0.1) is 5.92 Å². The molecular formula is C28H23Cl2NO5. The highest BCUT2D eigenvalue weighted by atomic mass is 35.5. The topological polar surface area (TPSA) is 77.6 Å². The molecule has 0 bridgehead atoms. The van der Waals surface area contributed by atoms with Crippen molar-refractivity contribution in [3.63, 3.8) is 0 Å². The molecule has 0 spiro atoms. The molecule has 8 heteroatoms. The van der Waals surface area contributed by atoms with Crippen LogP contribution in [0.4, 0.5) is 0 Å². The van der Waals surface area contributed by atoms with Gasteiger partial charge in [0.05, 0.1) is 0 Å². The van der Waals surface area contributed by atoms with Gasteiger partial charge in [-0.3, -0.25) is 9.59 Å². The van der Waals surface area contributed by atoms with Crippen LogP contribution in [-0.4, -0.2) is 22.7 Å². The minimum atomic E-state index is -1.34. The predicted molar refractivity (Wildman–Crippen MR) is 137 cm³/mol. The van der Waals surface area contributed by atoms with E-state index in [-0.39, 0.29) is 6.61 Å². The molecule has 1 saturated heterocycles. The molecular weight excluding hydrogens is 501 g/mol. The number of aromatic nitrogens is 1. The van der Waals surface area contributed by atoms with Gasteiger partial charge in [-0.1, -0.05) is 65.7 Å². The summed E-state index contributed by atoms with van der Waals surface area (Å²) in [4.78, 5) is 29.7. The molecule has 1 atom stereocenters. The number of ether oxygens (including phenoxy) is 3. The quantitative estimate of drug-likeness (QED) is 0.226. The number of nitrogens with one attached hydrogen (secondary N) is 1. The largest absolute Gasteiger partial charge is 0.489 e. The summed E-state index contributed by atoms with van der Waals surface area (Å²) in [5.41, 5.74) is 3.02. The van der Waals surface area contributed by atoms with Gasteiger partial charge in [0.25, 0.3) is 5.79 Å². The second-order valence-electron chi connectivity index (χ2n) is 9.05. The van der Waals surface area contributed by atoms with Gasteiger partial charge in [-0.25, -0.2) is 0 Å². The number of cyclic esters (lactones) is 2. The van der Waals surface area contributed by atoms with Crippen LogP contribution in [0.25, 0.3) is 10.9 Å². The first-order chi connectivity index (χ1) is 17.2. The molecule has 3 aromatic carbocycles. The Kier molecular flexibility index (Phi) is 6.41. The van der Waals surface area contributed by atoms with Crippen LogP contribution in [0.5, 0.6) is 5.75 Å². The van der Waals surface area contributed by atoms with Gasteiger partial charge in [0.2, 0.25) is 0 Å². The van der Waals surface area contributed by atoms with E-state index in [1.165, 1.54) is 13.8 Å². The minimum Gasteiger partial charge on any atom is -0.489 e. The molecule has 1 aromatic heterocycles. The lowest BCUT2D eigenvalue weighted by Crippen LogP contribution is -2.48. The Balaban J connectivity index is 1.60. The summed E-state index contributed by atoms with van der Waals surface area (Å²) >= 11 is 12.4. The maximum absolute atomic E-state index is 13.2. The average Bonchev–Trinajstić information content (AvgIpc) is 3.24. The van der Waals surface area contributed by atoms with Gasteiger partial charge in [-0.05, 0) is 29.8 Å². The zero-order chi connectivity index (χ0) is 25.4. The number of esters is 2. The van der Waals surface area contributed by atoms with Crippen LogP contribution in [0.2, 0.25) is 10.0 Å². The molecule has 0 unspecified atom stereocenters. The number of H-pyrrole nitrogens is 1. The van der Waals surface area contributed by atoms with Crippen LogP contribution in [0.3, 0.4) is 0 Å². The Morgan fingerprint density at radius 3 is 2.39 bits per heavy atom. The first-order valence-corrected chi connectivity index (χ1v) is 12.2. The zero-order valence-corrected chi connectivity index (χ0v) is 21.1. The number of para-hydroxylation sites is 2. The molecule has 36 heavy (non-hydrogen) atoms. The van der Waals surface area contributed by atoms with Crippen LogP contribution >= 0.6 is 23.2 Å². The molecule has 0 amide bonds. The van der Waals surface area contributed by atoms with Crippen LogP contribution in [0.15, 0.2) is 72.9 Å². The number of rotatable bonds is 6. The van der Waals surface area contributed by atoms with Gasteiger partial charge in [0.15, 0.2) is 5.92 Å². The average molecular weight is 524 g/mol. The zero-order valence-electron chi connectivity index (χ0n) is 19.6. The smallest absolute Gasteiger partial charge is 0.324 e. The van der Waals surface area contributed by atoms with E-state index in [0.29, 0.717) is 21.4 Å². The van der Waals surface area contributed by atoms with E-state index in [9.17, 15) is 9.59 Å². The number of benzene rings is 3. The second-order valence-corrected chi connectivity index (χ2v) is 9.89. The van der Waals surface area contributed by atoms with Crippen molar-refractivity contribution in [2.45, 2.75) is 32.2 Å². The van der Waals surface area contributed by atoms with Gasteiger partial charge < -0.3 is 19.2 Å². The van der Waals surface area contributed by atoms with Gasteiger partial charge >= 0.3 is 11.9 Å². The Morgan fingerprint density at radius 1 is 0.944 bits per heavy atom. The fraction of sp³-hybridized carbons (Fsp3) is 0.214. The van der Waals surface area contributed by atoms with E-state index in [4.69, 9.17) is 37.4 Å². The first kappa shape index (κ1) is 24.2. The lowest BCUT2D eigenvalue weighted by atomic mass is 9.79. The van der Waals surface area contributed by atoms with Crippen molar-refractivity contribution in [3.8, 4) is 5.75 Å². The molecule has 5 rings (SSSR count). The summed E-state index contributed by atoms with van der Waals surface area (Å²) in [6.45, 7) is 3.24. The van der Waals surface area contributed by atoms with E-state index in [1.54, 1.807) is 24.3 Å². The fourth-order valence-electron chi connectivity index (χ4n) is 4.54. The van der Waals surface area contributed by atoms with Crippen LogP contribution in [0.1, 0.15) is 36.5 Å². The van der Waals surface area contributed by atoms with Gasteiger partial charge in [0.1, 0.15) is 12.4 Å². The number of fused-ring (bicyclic) bond motifs is 1. The number of halogens is 2. The lowest BCUT2D eigenvalue weighted by molar-refractivity contribution is -0.240. The maximum Gasteiger partial charge on any atom is 0.324 e. The monoisotopic (exact) mass is 523 g/mol. The van der Waals surface area contributed by atoms with Gasteiger partial charge in [-0.2, -0.15) is 0 Å². The number of hydrogen-bond acceptors (Lipinski definition) is 5. The molecule has 1 aliphatic rings. The van der Waals surface area contributed by atoms with E-state index in [0.717, 1.165) is 22.0 Å². The molecule has 0 aliphatic carbocycles. The first-order valence-electron chi connectivity index (χ1n) is 11.4. The molecule has 0 saturated carbocycles. The van der Waals surface area contributed by atoms with Crippen molar-refractivity contribution in [1.29, 1.82) is 0 Å². The van der Waals surface area contributed by atoms with E-state index >= 15 is 0 Å². The highest BCUT2D eigenvalue weighted by molar-refractivity contribution is 6.35. The second kappa shape index (κ2) is 9.52. The molecule has 2 heterocycles. The summed E-state index contributed by atoms with van der Waals surface area (Å²) in [5, 5.41) is 1.89. The van der Waals surface area contributed by atoms with Crippen LogP contribution < -0.4 is 4.74 Å². The predicted octanol–water partition coefficient (Wildman–Crippen LogP) is 6.64. The van der Waals surface area contributed by atoms with E-state index in [2.05, 4.69) is 4.98 Å². The number of aromatic amines is 1. The Hall–Kier alpha value is -3.48. The van der Waals surface area contributed by atoms with Gasteiger partial charge in [0, 0.05) is 58.0 Å². The Morgan fingerprint density at radius 2 is 1.64 bits per heavy atom. The molecule has 1 N–H and O–H groups in total. The van der Waals surface area contributed by atoms with E-state index in [1.807, 2.05) is 48.7 Å².